The zero-order valence-corrected chi connectivity index (χ0v) is 30.7. The summed E-state index contributed by atoms with van der Waals surface area (Å²) in [6, 6.07) is 3.06. The zero-order valence-electron chi connectivity index (χ0n) is 19.3. The first-order valence-electron chi connectivity index (χ1n) is 8.63. The Morgan fingerprint density at radius 3 is 1.66 bits per heavy atom. The van der Waals surface area contributed by atoms with Crippen LogP contribution in [0.15, 0.2) is 30.0 Å². The van der Waals surface area contributed by atoms with Crippen molar-refractivity contribution in [3.05, 3.63) is 72.4 Å². The first-order valence-corrected chi connectivity index (χ1v) is 13.3. The molecule has 0 saturated heterocycles. The predicted octanol–water partition coefficient (Wildman–Crippen LogP) is 3.56. The molecule has 0 aromatic heterocycles. The van der Waals surface area contributed by atoms with Crippen LogP contribution >= 0.6 is 110 Å². The van der Waals surface area contributed by atoms with Crippen LogP contribution in [0, 0.1) is 0 Å². The number of carbonyl (C=O) groups excluding carboxylic acids is 1. The van der Waals surface area contributed by atoms with Gasteiger partial charge >= 0.3 is 65.1 Å². The molecule has 5 nitrogen and oxygen atoms in total. The van der Waals surface area contributed by atoms with E-state index in [1.54, 1.807) is 0 Å². The van der Waals surface area contributed by atoms with Gasteiger partial charge in [0.15, 0.2) is 17.1 Å². The van der Waals surface area contributed by atoms with Crippen molar-refractivity contribution in [3.63, 3.8) is 0 Å². The minimum absolute atomic E-state index is 0. The molecule has 3 aromatic rings. The SMILES string of the molecule is O=C1OC2(c3cc(Br)c(O)c(Br)c3Oc3c2cc(Br)c(O)c3Br)c2c(Cl)c(Cl)c(Cl)c(Cl)c21.[H-].[H-].[Na+].[Na+]. The van der Waals surface area contributed by atoms with E-state index < -0.39 is 11.6 Å². The van der Waals surface area contributed by atoms with Crippen molar-refractivity contribution in [2.45, 2.75) is 5.60 Å². The fourth-order valence-electron chi connectivity index (χ4n) is 3.93. The molecule has 3 aromatic carbocycles. The standard InChI is InChI=1S/C20H4Br4Cl4O5.2Na.2H/c21-5-1-3-17(9(23)15(5)29)32-18-4(2-6(22)16(30)10(18)24)20(3)8-7(19(31)33-20)11(25)13(27)14(28)12(8)26;;;;/h1-2,29-30H;;;;/q;2*+1;2*-1. The second-order valence-corrected chi connectivity index (χ2v) is 11.8. The first kappa shape index (κ1) is 31.1. The van der Waals surface area contributed by atoms with E-state index in [0.717, 1.165) is 0 Å². The second-order valence-electron chi connectivity index (χ2n) is 6.97. The number of hydrogen-bond acceptors (Lipinski definition) is 5. The summed E-state index contributed by atoms with van der Waals surface area (Å²) in [5, 5.41) is 20.7. The molecule has 2 N–H and O–H groups in total. The molecule has 0 unspecified atom stereocenters. The number of phenols is 2. The third-order valence-corrected chi connectivity index (χ3v) is 9.81. The number of hydrogen-bond donors (Lipinski definition) is 2. The summed E-state index contributed by atoms with van der Waals surface area (Å²) >= 11 is 39.0. The Kier molecular flexibility index (Phi) is 9.68. The van der Waals surface area contributed by atoms with Crippen molar-refractivity contribution in [2.75, 3.05) is 0 Å². The second kappa shape index (κ2) is 10.9. The minimum Gasteiger partial charge on any atom is -1.00 e. The van der Waals surface area contributed by atoms with Crippen LogP contribution in [-0.2, 0) is 10.3 Å². The number of fused-ring (bicyclic) bond motifs is 6. The van der Waals surface area contributed by atoms with Gasteiger partial charge in [-0.25, -0.2) is 4.79 Å². The molecule has 0 bridgehead atoms. The van der Waals surface area contributed by atoms with Gasteiger partial charge in [-0.3, -0.25) is 0 Å². The van der Waals surface area contributed by atoms with Crippen LogP contribution < -0.4 is 63.9 Å². The van der Waals surface area contributed by atoms with E-state index in [1.807, 2.05) is 0 Å². The predicted molar refractivity (Wildman–Crippen MR) is 141 cm³/mol. The number of rotatable bonds is 0. The summed E-state index contributed by atoms with van der Waals surface area (Å²) in [4.78, 5) is 13.2. The van der Waals surface area contributed by atoms with Crippen LogP contribution in [0.5, 0.6) is 23.0 Å². The molecule has 0 aliphatic carbocycles. The minimum atomic E-state index is -1.72. The van der Waals surface area contributed by atoms with Gasteiger partial charge in [0.05, 0.1) is 45.7 Å². The monoisotopic (exact) mass is 828 g/mol. The number of esters is 1. The smallest absolute Gasteiger partial charge is 1.00 e. The van der Waals surface area contributed by atoms with Gasteiger partial charge in [-0.15, -0.1) is 0 Å². The summed E-state index contributed by atoms with van der Waals surface area (Å²) in [6.07, 6.45) is 0. The molecule has 174 valence electrons. The molecule has 0 atom stereocenters. The molecule has 0 fully saturated rings. The summed E-state index contributed by atoms with van der Waals surface area (Å²) < 4.78 is 13.0. The number of phenolic OH excluding ortho intramolecular Hbond substituents is 2. The van der Waals surface area contributed by atoms with Gasteiger partial charge in [0, 0.05) is 5.56 Å². The molecule has 1 spiro atoms. The molecule has 0 saturated carbocycles. The van der Waals surface area contributed by atoms with E-state index in [9.17, 15) is 15.0 Å². The van der Waals surface area contributed by atoms with E-state index in [0.29, 0.717) is 11.1 Å². The fourth-order valence-corrected chi connectivity index (χ4v) is 7.39. The fraction of sp³-hybridized carbons (Fsp3) is 0.0500. The average Bonchev–Trinajstić information content (AvgIpc) is 3.08. The van der Waals surface area contributed by atoms with Crippen molar-refractivity contribution < 1.29 is 86.4 Å². The first-order chi connectivity index (χ1) is 15.4. The molecular formula is C20H6Br4Cl4Na2O5. The number of benzene rings is 3. The van der Waals surface area contributed by atoms with Gasteiger partial charge in [-0.1, -0.05) is 46.4 Å². The maximum Gasteiger partial charge on any atom is 1.00 e. The van der Waals surface area contributed by atoms with Crippen molar-refractivity contribution in [1.82, 2.24) is 0 Å². The zero-order chi connectivity index (χ0) is 24.1. The third kappa shape index (κ3) is 4.31. The van der Waals surface area contributed by atoms with Gasteiger partial charge in [0.1, 0.15) is 20.4 Å². The van der Waals surface area contributed by atoms with Crippen molar-refractivity contribution >= 4 is 116 Å². The van der Waals surface area contributed by atoms with E-state index >= 15 is 0 Å². The van der Waals surface area contributed by atoms with Crippen LogP contribution in [-0.4, -0.2) is 16.2 Å². The summed E-state index contributed by atoms with van der Waals surface area (Å²) in [7, 11) is 0. The summed E-state index contributed by atoms with van der Waals surface area (Å²) in [5.74, 6) is -0.885. The van der Waals surface area contributed by atoms with E-state index in [1.165, 1.54) is 12.1 Å². The van der Waals surface area contributed by atoms with Crippen molar-refractivity contribution in [1.29, 1.82) is 0 Å². The quantitative estimate of drug-likeness (QED) is 0.157. The molecule has 15 heteroatoms. The Hall–Kier alpha value is 1.61. The van der Waals surface area contributed by atoms with Gasteiger partial charge in [0.2, 0.25) is 0 Å². The molecule has 35 heavy (non-hydrogen) atoms. The Morgan fingerprint density at radius 2 is 1.20 bits per heavy atom. The average molecular weight is 834 g/mol. The van der Waals surface area contributed by atoms with Gasteiger partial charge in [-0.2, -0.15) is 0 Å². The molecule has 2 heterocycles. The topological polar surface area (TPSA) is 76.0 Å². The number of ether oxygens (including phenoxy) is 2. The number of aromatic hydroxyl groups is 2. The van der Waals surface area contributed by atoms with Crippen LogP contribution in [0.25, 0.3) is 0 Å². The Bertz CT molecular complexity index is 1420. The van der Waals surface area contributed by atoms with Gasteiger partial charge in [-0.05, 0) is 75.9 Å². The molecule has 2 aliphatic heterocycles. The van der Waals surface area contributed by atoms with E-state index in [2.05, 4.69) is 63.7 Å². The van der Waals surface area contributed by atoms with Crippen LogP contribution in [0.3, 0.4) is 0 Å². The number of halogens is 8. The van der Waals surface area contributed by atoms with Crippen LogP contribution in [0.4, 0.5) is 0 Å². The Morgan fingerprint density at radius 1 is 0.771 bits per heavy atom. The largest absolute Gasteiger partial charge is 1.00 e. The van der Waals surface area contributed by atoms with E-state index in [-0.39, 0.29) is 134 Å². The number of carbonyl (C=O) groups is 1. The molecular weight excluding hydrogens is 828 g/mol. The van der Waals surface area contributed by atoms with Crippen molar-refractivity contribution in [3.8, 4) is 23.0 Å². The van der Waals surface area contributed by atoms with Gasteiger partial charge < -0.3 is 22.5 Å². The van der Waals surface area contributed by atoms with E-state index in [4.69, 9.17) is 55.9 Å². The third-order valence-electron chi connectivity index (χ3n) is 5.33. The molecule has 2 aliphatic rings. The molecule has 0 amide bonds. The Labute approximate surface area is 299 Å². The van der Waals surface area contributed by atoms with Crippen LogP contribution in [0.1, 0.15) is 29.9 Å². The normalized spacial score (nSPS) is 14.2. The van der Waals surface area contributed by atoms with Gasteiger partial charge in [0.25, 0.3) is 0 Å². The summed E-state index contributed by atoms with van der Waals surface area (Å²) in [6.45, 7) is 0. The van der Waals surface area contributed by atoms with Crippen LogP contribution in [0.2, 0.25) is 20.1 Å². The maximum atomic E-state index is 13.2. The summed E-state index contributed by atoms with van der Waals surface area (Å²) in [5.41, 5.74) is -1.02. The maximum absolute atomic E-state index is 13.2. The molecule has 0 radical (unpaired) electrons. The van der Waals surface area contributed by atoms with Crippen molar-refractivity contribution in [2.24, 2.45) is 0 Å². The molecule has 5 rings (SSSR count). The Balaban J connectivity index is 0.00000171.